The molecular weight excluding hydrogens is 344 g/mol. The van der Waals surface area contributed by atoms with Crippen LogP contribution in [0.15, 0.2) is 42.5 Å². The van der Waals surface area contributed by atoms with Gasteiger partial charge in [0.1, 0.15) is 11.5 Å². The number of hydrazine groups is 1. The van der Waals surface area contributed by atoms with E-state index in [2.05, 4.69) is 10.9 Å². The number of ether oxygens (including phenoxy) is 2. The Hall–Kier alpha value is -2.73. The zero-order valence-corrected chi connectivity index (χ0v) is 14.7. The van der Waals surface area contributed by atoms with Gasteiger partial charge in [0, 0.05) is 5.02 Å². The van der Waals surface area contributed by atoms with Crippen molar-refractivity contribution in [2.75, 3.05) is 13.2 Å². The van der Waals surface area contributed by atoms with Crippen LogP contribution in [0.2, 0.25) is 5.02 Å². The van der Waals surface area contributed by atoms with E-state index < -0.39 is 11.8 Å². The smallest absolute Gasteiger partial charge is 0.276 e. The van der Waals surface area contributed by atoms with Crippen molar-refractivity contribution >= 4 is 23.4 Å². The maximum Gasteiger partial charge on any atom is 0.276 e. The highest BCUT2D eigenvalue weighted by Gasteiger charge is 2.08. The monoisotopic (exact) mass is 362 g/mol. The molecule has 0 radical (unpaired) electrons. The van der Waals surface area contributed by atoms with E-state index in [1.165, 1.54) is 0 Å². The molecule has 0 saturated carbocycles. The van der Waals surface area contributed by atoms with Gasteiger partial charge in [-0.15, -0.1) is 0 Å². The molecule has 25 heavy (non-hydrogen) atoms. The molecule has 0 aromatic heterocycles. The van der Waals surface area contributed by atoms with E-state index >= 15 is 0 Å². The van der Waals surface area contributed by atoms with Crippen molar-refractivity contribution in [3.8, 4) is 11.5 Å². The fourth-order valence-electron chi connectivity index (χ4n) is 1.91. The number of halogens is 1. The maximum absolute atomic E-state index is 11.7. The van der Waals surface area contributed by atoms with E-state index in [0.29, 0.717) is 16.5 Å². The molecule has 0 bridgehead atoms. The van der Waals surface area contributed by atoms with E-state index in [4.69, 9.17) is 21.1 Å². The predicted molar refractivity (Wildman–Crippen MR) is 94.6 cm³/mol. The second-order valence-corrected chi connectivity index (χ2v) is 5.83. The summed E-state index contributed by atoms with van der Waals surface area (Å²) in [6.45, 7) is 3.34. The molecule has 0 aliphatic carbocycles. The minimum absolute atomic E-state index is 0.208. The minimum Gasteiger partial charge on any atom is -0.484 e. The van der Waals surface area contributed by atoms with Crippen molar-refractivity contribution in [3.05, 3.63) is 58.6 Å². The van der Waals surface area contributed by atoms with Crippen LogP contribution in [-0.2, 0) is 9.59 Å². The van der Waals surface area contributed by atoms with E-state index in [9.17, 15) is 9.59 Å². The predicted octanol–water partition coefficient (Wildman–Crippen LogP) is 2.56. The molecule has 2 amide bonds. The molecule has 2 aromatic rings. The van der Waals surface area contributed by atoms with Gasteiger partial charge in [-0.25, -0.2) is 0 Å². The Balaban J connectivity index is 1.68. The number of amides is 2. The Morgan fingerprint density at radius 3 is 2.12 bits per heavy atom. The van der Waals surface area contributed by atoms with Crippen molar-refractivity contribution in [3.63, 3.8) is 0 Å². The van der Waals surface area contributed by atoms with Gasteiger partial charge in [-0.05, 0) is 49.7 Å². The summed E-state index contributed by atoms with van der Waals surface area (Å²) >= 11 is 5.85. The largest absolute Gasteiger partial charge is 0.484 e. The van der Waals surface area contributed by atoms with Crippen LogP contribution in [0.3, 0.4) is 0 Å². The lowest BCUT2D eigenvalue weighted by atomic mass is 10.2. The lowest BCUT2D eigenvalue weighted by Gasteiger charge is -2.11. The molecule has 2 rings (SSSR count). The number of carbonyl (C=O) groups is 2. The lowest BCUT2D eigenvalue weighted by Crippen LogP contribution is -2.45. The molecule has 0 aliphatic heterocycles. The average molecular weight is 363 g/mol. The Morgan fingerprint density at radius 2 is 1.52 bits per heavy atom. The standard InChI is InChI=1S/C18H19ClN2O4/c1-12-3-6-15(7-4-12)24-10-17(22)20-21-18(23)11-25-16-8-5-14(19)9-13(16)2/h3-9H,10-11H2,1-2H3,(H,20,22)(H,21,23). The molecule has 6 nitrogen and oxygen atoms in total. The van der Waals surface area contributed by atoms with Gasteiger partial charge in [-0.2, -0.15) is 0 Å². The van der Waals surface area contributed by atoms with Crippen molar-refractivity contribution < 1.29 is 19.1 Å². The third-order valence-corrected chi connectivity index (χ3v) is 3.46. The van der Waals surface area contributed by atoms with Gasteiger partial charge in [0.05, 0.1) is 0 Å². The summed E-state index contributed by atoms with van der Waals surface area (Å²) in [4.78, 5) is 23.3. The highest BCUT2D eigenvalue weighted by molar-refractivity contribution is 6.30. The zero-order chi connectivity index (χ0) is 18.2. The van der Waals surface area contributed by atoms with Crippen LogP contribution in [0.1, 0.15) is 11.1 Å². The molecule has 0 saturated heterocycles. The average Bonchev–Trinajstić information content (AvgIpc) is 2.58. The molecule has 7 heteroatoms. The number of nitrogens with one attached hydrogen (secondary N) is 2. The van der Waals surface area contributed by atoms with Gasteiger partial charge in [0.25, 0.3) is 11.8 Å². The Morgan fingerprint density at radius 1 is 0.920 bits per heavy atom. The van der Waals surface area contributed by atoms with Gasteiger partial charge in [-0.3, -0.25) is 20.4 Å². The van der Waals surface area contributed by atoms with Crippen LogP contribution in [0.4, 0.5) is 0 Å². The number of carbonyl (C=O) groups excluding carboxylic acids is 2. The first-order valence-electron chi connectivity index (χ1n) is 7.60. The summed E-state index contributed by atoms with van der Waals surface area (Å²) in [7, 11) is 0. The summed E-state index contributed by atoms with van der Waals surface area (Å²) < 4.78 is 10.7. The first kappa shape index (κ1) is 18.6. The number of aryl methyl sites for hydroxylation is 2. The van der Waals surface area contributed by atoms with Crippen molar-refractivity contribution in [1.29, 1.82) is 0 Å². The van der Waals surface area contributed by atoms with Gasteiger partial charge < -0.3 is 9.47 Å². The van der Waals surface area contributed by atoms with Gasteiger partial charge >= 0.3 is 0 Å². The van der Waals surface area contributed by atoms with Crippen LogP contribution in [0.5, 0.6) is 11.5 Å². The molecule has 132 valence electrons. The summed E-state index contributed by atoms with van der Waals surface area (Å²) in [6.07, 6.45) is 0. The number of hydrogen-bond donors (Lipinski definition) is 2. The number of rotatable bonds is 6. The van der Waals surface area contributed by atoms with Gasteiger partial charge in [-0.1, -0.05) is 29.3 Å². The van der Waals surface area contributed by atoms with Crippen LogP contribution in [-0.4, -0.2) is 25.0 Å². The van der Waals surface area contributed by atoms with Crippen molar-refractivity contribution in [1.82, 2.24) is 10.9 Å². The normalized spacial score (nSPS) is 10.0. The van der Waals surface area contributed by atoms with Crippen LogP contribution >= 0.6 is 11.6 Å². The number of hydrogen-bond acceptors (Lipinski definition) is 4. The highest BCUT2D eigenvalue weighted by atomic mass is 35.5. The molecule has 2 aromatic carbocycles. The Kier molecular flexibility index (Phi) is 6.65. The summed E-state index contributed by atoms with van der Waals surface area (Å²) in [5, 5.41) is 0.593. The Labute approximate surface area is 151 Å². The summed E-state index contributed by atoms with van der Waals surface area (Å²) in [5.74, 6) is 0.164. The summed E-state index contributed by atoms with van der Waals surface area (Å²) in [5.41, 5.74) is 6.43. The van der Waals surface area contributed by atoms with E-state index in [-0.39, 0.29) is 13.2 Å². The van der Waals surface area contributed by atoms with Crippen molar-refractivity contribution in [2.24, 2.45) is 0 Å². The second kappa shape index (κ2) is 8.94. The second-order valence-electron chi connectivity index (χ2n) is 5.40. The molecule has 0 aliphatic rings. The maximum atomic E-state index is 11.7. The highest BCUT2D eigenvalue weighted by Crippen LogP contribution is 2.21. The summed E-state index contributed by atoms with van der Waals surface area (Å²) in [6, 6.07) is 12.4. The fourth-order valence-corrected chi connectivity index (χ4v) is 2.14. The topological polar surface area (TPSA) is 76.7 Å². The van der Waals surface area contributed by atoms with Crippen LogP contribution in [0, 0.1) is 13.8 Å². The minimum atomic E-state index is -0.488. The van der Waals surface area contributed by atoms with Gasteiger partial charge in [0.15, 0.2) is 13.2 Å². The molecular formula is C18H19ClN2O4. The van der Waals surface area contributed by atoms with Crippen molar-refractivity contribution in [2.45, 2.75) is 13.8 Å². The van der Waals surface area contributed by atoms with E-state index in [0.717, 1.165) is 11.1 Å². The van der Waals surface area contributed by atoms with Crippen LogP contribution < -0.4 is 20.3 Å². The molecule has 0 heterocycles. The quantitative estimate of drug-likeness (QED) is 0.774. The lowest BCUT2D eigenvalue weighted by molar-refractivity contribution is -0.131. The molecule has 2 N–H and O–H groups in total. The molecule has 0 atom stereocenters. The fraction of sp³-hybridized carbons (Fsp3) is 0.222. The van der Waals surface area contributed by atoms with E-state index in [1.807, 2.05) is 26.0 Å². The SMILES string of the molecule is Cc1ccc(OCC(=O)NNC(=O)COc2ccc(Cl)cc2C)cc1. The molecule has 0 fully saturated rings. The molecule has 0 spiro atoms. The van der Waals surface area contributed by atoms with Gasteiger partial charge in [0.2, 0.25) is 0 Å². The first-order valence-corrected chi connectivity index (χ1v) is 7.98. The Bertz CT molecular complexity index is 747. The van der Waals surface area contributed by atoms with Crippen LogP contribution in [0.25, 0.3) is 0 Å². The third-order valence-electron chi connectivity index (χ3n) is 3.23. The third kappa shape index (κ3) is 6.35. The molecule has 0 unspecified atom stereocenters. The first-order chi connectivity index (χ1) is 11.9. The van der Waals surface area contributed by atoms with E-state index in [1.54, 1.807) is 30.3 Å². The zero-order valence-electron chi connectivity index (χ0n) is 14.0. The number of benzene rings is 2.